The molecule has 0 aliphatic heterocycles. The summed E-state index contributed by atoms with van der Waals surface area (Å²) in [5, 5.41) is 3.82. The molecule has 0 bridgehead atoms. The first-order valence-corrected chi connectivity index (χ1v) is 8.37. The highest BCUT2D eigenvalue weighted by molar-refractivity contribution is 5.55. The van der Waals surface area contributed by atoms with Gasteiger partial charge in [-0.1, -0.05) is 46.8 Å². The molecule has 1 aromatic rings. The zero-order chi connectivity index (χ0) is 14.7. The van der Waals surface area contributed by atoms with E-state index in [9.17, 15) is 0 Å². The Balaban J connectivity index is 2.14. The number of hydrogen-bond acceptors (Lipinski definition) is 1. The zero-order valence-electron chi connectivity index (χ0n) is 13.9. The fourth-order valence-corrected chi connectivity index (χ4v) is 3.17. The summed E-state index contributed by atoms with van der Waals surface area (Å²) in [5.74, 6) is 2.11. The van der Waals surface area contributed by atoms with Crippen LogP contribution in [0, 0.1) is 5.92 Å². The molecule has 2 rings (SSSR count). The summed E-state index contributed by atoms with van der Waals surface area (Å²) >= 11 is 0. The van der Waals surface area contributed by atoms with Crippen molar-refractivity contribution in [2.75, 3.05) is 5.32 Å². The average Bonchev–Trinajstić information content (AvgIpc) is 2.41. The first kappa shape index (κ1) is 15.4. The lowest BCUT2D eigenvalue weighted by Gasteiger charge is -2.29. The number of benzene rings is 1. The van der Waals surface area contributed by atoms with Crippen molar-refractivity contribution in [3.8, 4) is 0 Å². The van der Waals surface area contributed by atoms with Crippen molar-refractivity contribution in [3.63, 3.8) is 0 Å². The van der Waals surface area contributed by atoms with Crippen LogP contribution in [0.15, 0.2) is 18.2 Å². The van der Waals surface area contributed by atoms with Gasteiger partial charge in [-0.25, -0.2) is 0 Å². The highest BCUT2D eigenvalue weighted by Crippen LogP contribution is 2.31. The van der Waals surface area contributed by atoms with Crippen molar-refractivity contribution in [2.24, 2.45) is 5.92 Å². The minimum absolute atomic E-state index is 0.582. The maximum absolute atomic E-state index is 3.82. The van der Waals surface area contributed by atoms with Gasteiger partial charge in [0.1, 0.15) is 0 Å². The van der Waals surface area contributed by atoms with Gasteiger partial charge < -0.3 is 5.32 Å². The normalized spacial score (nSPS) is 23.4. The topological polar surface area (TPSA) is 12.0 Å². The predicted molar refractivity (Wildman–Crippen MR) is 89.7 cm³/mol. The average molecular weight is 273 g/mol. The minimum Gasteiger partial charge on any atom is -0.382 e. The summed E-state index contributed by atoms with van der Waals surface area (Å²) in [6.45, 7) is 11.5. The summed E-state index contributed by atoms with van der Waals surface area (Å²) in [5.41, 5.74) is 4.30. The molecule has 0 heterocycles. The van der Waals surface area contributed by atoms with Crippen molar-refractivity contribution in [3.05, 3.63) is 29.3 Å². The van der Waals surface area contributed by atoms with E-state index in [0.717, 1.165) is 5.92 Å². The van der Waals surface area contributed by atoms with Crippen LogP contribution in [-0.2, 0) is 0 Å². The Bertz CT molecular complexity index is 425. The van der Waals surface area contributed by atoms with Gasteiger partial charge in [0.2, 0.25) is 0 Å². The van der Waals surface area contributed by atoms with Crippen LogP contribution >= 0.6 is 0 Å². The summed E-state index contributed by atoms with van der Waals surface area (Å²) in [4.78, 5) is 0. The van der Waals surface area contributed by atoms with E-state index in [2.05, 4.69) is 58.1 Å². The van der Waals surface area contributed by atoms with E-state index >= 15 is 0 Å². The highest BCUT2D eigenvalue weighted by atomic mass is 14.9. The second-order valence-corrected chi connectivity index (χ2v) is 7.26. The van der Waals surface area contributed by atoms with Gasteiger partial charge >= 0.3 is 0 Å². The van der Waals surface area contributed by atoms with Gasteiger partial charge in [0.05, 0.1) is 0 Å². The molecule has 112 valence electrons. The Labute approximate surface area is 125 Å². The summed E-state index contributed by atoms with van der Waals surface area (Å²) < 4.78 is 0. The van der Waals surface area contributed by atoms with E-state index < -0.39 is 0 Å². The minimum atomic E-state index is 0.582. The van der Waals surface area contributed by atoms with Gasteiger partial charge in [-0.2, -0.15) is 0 Å². The van der Waals surface area contributed by atoms with Crippen molar-refractivity contribution >= 4 is 5.69 Å². The number of hydrogen-bond donors (Lipinski definition) is 1. The molecular formula is C19H31N. The predicted octanol–water partition coefficient (Wildman–Crippen LogP) is 5.92. The van der Waals surface area contributed by atoms with Crippen molar-refractivity contribution in [1.29, 1.82) is 0 Å². The van der Waals surface area contributed by atoms with Gasteiger partial charge in [-0.3, -0.25) is 0 Å². The molecule has 1 nitrogen and oxygen atoms in total. The molecule has 1 aromatic carbocycles. The zero-order valence-corrected chi connectivity index (χ0v) is 13.9. The van der Waals surface area contributed by atoms with Gasteiger partial charge in [0.15, 0.2) is 0 Å². The SMILES string of the molecule is CC1CCC(Nc2ccc(C(C)C)cc2C(C)C)CC1. The number of rotatable bonds is 4. The molecule has 0 spiro atoms. The Morgan fingerprint density at radius 3 is 2.15 bits per heavy atom. The van der Waals surface area contributed by atoms with E-state index in [-0.39, 0.29) is 0 Å². The molecule has 0 amide bonds. The lowest BCUT2D eigenvalue weighted by Crippen LogP contribution is -2.25. The fourth-order valence-electron chi connectivity index (χ4n) is 3.17. The van der Waals surface area contributed by atoms with Crippen molar-refractivity contribution in [1.82, 2.24) is 0 Å². The van der Waals surface area contributed by atoms with Crippen LogP contribution in [0.4, 0.5) is 5.69 Å². The first-order chi connectivity index (χ1) is 9.47. The third-order valence-electron chi connectivity index (χ3n) is 4.74. The third kappa shape index (κ3) is 3.77. The second kappa shape index (κ2) is 6.65. The van der Waals surface area contributed by atoms with Crippen LogP contribution in [-0.4, -0.2) is 6.04 Å². The van der Waals surface area contributed by atoms with E-state index in [4.69, 9.17) is 0 Å². The maximum Gasteiger partial charge on any atom is 0.0377 e. The van der Waals surface area contributed by atoms with Crippen LogP contribution in [0.25, 0.3) is 0 Å². The molecule has 0 saturated heterocycles. The molecule has 1 heteroatoms. The Hall–Kier alpha value is -0.980. The molecule has 1 aliphatic rings. The van der Waals surface area contributed by atoms with Crippen LogP contribution in [0.5, 0.6) is 0 Å². The number of nitrogens with one attached hydrogen (secondary N) is 1. The molecule has 1 aliphatic carbocycles. The van der Waals surface area contributed by atoms with Crippen LogP contribution in [0.1, 0.15) is 83.3 Å². The largest absolute Gasteiger partial charge is 0.382 e. The molecule has 0 atom stereocenters. The van der Waals surface area contributed by atoms with E-state index in [1.54, 1.807) is 0 Å². The lowest BCUT2D eigenvalue weighted by atomic mass is 9.86. The van der Waals surface area contributed by atoms with E-state index in [1.165, 1.54) is 42.5 Å². The van der Waals surface area contributed by atoms with Gasteiger partial charge in [-0.05, 0) is 60.6 Å². The fraction of sp³-hybridized carbons (Fsp3) is 0.684. The molecule has 0 radical (unpaired) electrons. The Kier molecular flexibility index (Phi) is 5.12. The first-order valence-electron chi connectivity index (χ1n) is 8.37. The van der Waals surface area contributed by atoms with Crippen LogP contribution in [0.2, 0.25) is 0 Å². The van der Waals surface area contributed by atoms with E-state index in [0.29, 0.717) is 17.9 Å². The Morgan fingerprint density at radius 2 is 1.60 bits per heavy atom. The summed E-state index contributed by atoms with van der Waals surface area (Å²) in [6.07, 6.45) is 5.40. The summed E-state index contributed by atoms with van der Waals surface area (Å²) in [6, 6.07) is 7.68. The molecular weight excluding hydrogens is 242 g/mol. The van der Waals surface area contributed by atoms with Crippen LogP contribution < -0.4 is 5.32 Å². The smallest absolute Gasteiger partial charge is 0.0377 e. The van der Waals surface area contributed by atoms with Gasteiger partial charge in [0, 0.05) is 11.7 Å². The Morgan fingerprint density at radius 1 is 0.950 bits per heavy atom. The van der Waals surface area contributed by atoms with E-state index in [1.807, 2.05) is 0 Å². The summed E-state index contributed by atoms with van der Waals surface area (Å²) in [7, 11) is 0. The highest BCUT2D eigenvalue weighted by Gasteiger charge is 2.19. The van der Waals surface area contributed by atoms with Crippen molar-refractivity contribution in [2.45, 2.75) is 78.2 Å². The quantitative estimate of drug-likeness (QED) is 0.717. The molecule has 1 N–H and O–H groups in total. The molecule has 1 saturated carbocycles. The molecule has 1 fully saturated rings. The molecule has 0 aromatic heterocycles. The third-order valence-corrected chi connectivity index (χ3v) is 4.74. The molecule has 0 unspecified atom stereocenters. The standard InChI is InChI=1S/C19H31N/c1-13(2)16-8-11-19(18(12-16)14(3)4)20-17-9-6-15(5)7-10-17/h8,11-15,17,20H,6-7,9-10H2,1-5H3. The van der Waals surface area contributed by atoms with Crippen molar-refractivity contribution < 1.29 is 0 Å². The van der Waals surface area contributed by atoms with Crippen LogP contribution in [0.3, 0.4) is 0 Å². The molecule has 20 heavy (non-hydrogen) atoms. The number of anilines is 1. The maximum atomic E-state index is 3.82. The van der Waals surface area contributed by atoms with Gasteiger partial charge in [-0.15, -0.1) is 0 Å². The lowest BCUT2D eigenvalue weighted by molar-refractivity contribution is 0.361. The second-order valence-electron chi connectivity index (χ2n) is 7.26. The van der Waals surface area contributed by atoms with Gasteiger partial charge in [0.25, 0.3) is 0 Å². The monoisotopic (exact) mass is 273 g/mol.